The Kier molecular flexibility index (Phi) is 17.7. The number of allylic oxidation sites excluding steroid dienone is 4. The van der Waals surface area contributed by atoms with Crippen LogP contribution in [0.5, 0.6) is 0 Å². The van der Waals surface area contributed by atoms with Crippen LogP contribution in [0.3, 0.4) is 0 Å². The van der Waals surface area contributed by atoms with Gasteiger partial charge in [-0.15, -0.1) is 71.0 Å². The SMILES string of the molecule is CC(C)(C)c1cc2c(cc1-c1ccc(Cl)cc1)[cH-]c1cc(-c3ccc(Cl)cc3)c(C(C)(C)C)cc12.Cc1ccc(C[C](=[Zr+2])Cc2ccc(C)cc2)cc1.Cl.Cl.[C-]1=CC=CC1. The van der Waals surface area contributed by atoms with Crippen LogP contribution in [0.1, 0.15) is 81.3 Å². The van der Waals surface area contributed by atoms with Crippen LogP contribution in [0.25, 0.3) is 43.8 Å². The van der Waals surface area contributed by atoms with Gasteiger partial charge < -0.3 is 0 Å². The zero-order chi connectivity index (χ0) is 41.6. The van der Waals surface area contributed by atoms with Crippen molar-refractivity contribution in [1.29, 1.82) is 0 Å². The van der Waals surface area contributed by atoms with Crippen molar-refractivity contribution in [2.75, 3.05) is 0 Å². The summed E-state index contributed by atoms with van der Waals surface area (Å²) in [5.41, 5.74) is 13.2. The monoisotopic (exact) mass is 946 g/mol. The molecule has 0 N–H and O–H groups in total. The molecule has 0 aromatic heterocycles. The molecular weight excluding hydrogens is 894 g/mol. The zero-order valence-corrected chi connectivity index (χ0v) is 41.7. The van der Waals surface area contributed by atoms with Crippen molar-refractivity contribution in [1.82, 2.24) is 0 Å². The Morgan fingerprint density at radius 1 is 0.583 bits per heavy atom. The number of hydrogen-bond donors (Lipinski definition) is 0. The van der Waals surface area contributed by atoms with E-state index in [4.69, 9.17) is 23.2 Å². The van der Waals surface area contributed by atoms with Gasteiger partial charge in [-0.05, 0) is 68.5 Å². The van der Waals surface area contributed by atoms with Gasteiger partial charge in [-0.3, -0.25) is 6.08 Å². The zero-order valence-electron chi connectivity index (χ0n) is 36.1. The third kappa shape index (κ3) is 13.1. The summed E-state index contributed by atoms with van der Waals surface area (Å²) in [6.07, 6.45) is 12.2. The van der Waals surface area contributed by atoms with E-state index in [0.717, 1.165) is 29.3 Å². The van der Waals surface area contributed by atoms with E-state index >= 15 is 0 Å². The molecule has 7 aromatic rings. The van der Waals surface area contributed by atoms with E-state index < -0.39 is 0 Å². The standard InChI is InChI=1S/C33H31Cl2.C17H18.C5H5.2ClH.Zr/c1-32(2,3)30-18-26-22(16-28(30)20-7-11-24(34)12-8-20)15-23-17-29(21-9-13-25(35)14-10-21)31(19-27(23)26)33(4,5)6;1-14-6-10-16(11-7-14)4-3-5-17-12-8-15(2)9-13-17;1-2-4-5-3-1;;;/h7-19H,1-6H3;6-13H,4-5H2,1-2H3;1-3H,4H2;2*1H;/q-1;;-1;;;+2. The largest absolute Gasteiger partial charge is 0.273 e. The predicted octanol–water partition coefficient (Wildman–Crippen LogP) is 16.9. The van der Waals surface area contributed by atoms with E-state index in [0.29, 0.717) is 0 Å². The minimum atomic E-state index is 0. The number of aryl methyl sites for hydroxylation is 2. The molecule has 0 aliphatic heterocycles. The molecule has 1 aliphatic carbocycles. The molecule has 0 atom stereocenters. The molecule has 0 spiro atoms. The number of halogens is 4. The minimum Gasteiger partial charge on any atom is -0.273 e. The molecule has 0 saturated carbocycles. The maximum Gasteiger partial charge on any atom is -0.109 e. The van der Waals surface area contributed by atoms with Gasteiger partial charge in [-0.2, -0.15) is 6.08 Å². The van der Waals surface area contributed by atoms with Gasteiger partial charge in [0.15, 0.2) is 0 Å². The van der Waals surface area contributed by atoms with Gasteiger partial charge in [0.25, 0.3) is 0 Å². The molecule has 0 fully saturated rings. The van der Waals surface area contributed by atoms with Gasteiger partial charge in [0, 0.05) is 10.0 Å². The number of benzene rings is 6. The smallest absolute Gasteiger partial charge is 0.109 e. The van der Waals surface area contributed by atoms with Crippen LogP contribution in [0.15, 0.2) is 146 Å². The summed E-state index contributed by atoms with van der Waals surface area (Å²) in [6.45, 7) is 18.0. The van der Waals surface area contributed by atoms with Crippen LogP contribution < -0.4 is 0 Å². The molecule has 0 saturated heterocycles. The second-order valence-corrected chi connectivity index (χ2v) is 20.2. The molecule has 1 aliphatic rings. The first-order valence-electron chi connectivity index (χ1n) is 20.2. The van der Waals surface area contributed by atoms with Crippen LogP contribution >= 0.6 is 48.0 Å². The molecule has 0 heterocycles. The van der Waals surface area contributed by atoms with Gasteiger partial charge in [0.1, 0.15) is 0 Å². The van der Waals surface area contributed by atoms with Crippen molar-refractivity contribution in [3.63, 3.8) is 0 Å². The van der Waals surface area contributed by atoms with Crippen molar-refractivity contribution < 1.29 is 24.2 Å². The molecular formula is C55H56Cl4Zr. The summed E-state index contributed by atoms with van der Waals surface area (Å²) in [4.78, 5) is 0. The molecule has 0 radical (unpaired) electrons. The molecule has 8 rings (SSSR count). The summed E-state index contributed by atoms with van der Waals surface area (Å²) in [5.74, 6) is 0. The molecule has 7 aromatic carbocycles. The number of hydrogen-bond acceptors (Lipinski definition) is 0. The van der Waals surface area contributed by atoms with Crippen molar-refractivity contribution in [2.45, 2.75) is 85.5 Å². The summed E-state index contributed by atoms with van der Waals surface area (Å²) in [6, 6.07) is 46.0. The van der Waals surface area contributed by atoms with E-state index in [1.165, 1.54) is 77.2 Å². The van der Waals surface area contributed by atoms with Crippen molar-refractivity contribution in [3.05, 3.63) is 195 Å². The van der Waals surface area contributed by atoms with Gasteiger partial charge in [0.05, 0.1) is 0 Å². The maximum absolute atomic E-state index is 6.20. The minimum absolute atomic E-state index is 0. The third-order valence-corrected chi connectivity index (χ3v) is 11.9. The fourth-order valence-electron chi connectivity index (χ4n) is 7.39. The summed E-state index contributed by atoms with van der Waals surface area (Å²) in [7, 11) is 0. The van der Waals surface area contributed by atoms with E-state index in [2.05, 4.69) is 171 Å². The summed E-state index contributed by atoms with van der Waals surface area (Å²) in [5, 5.41) is 6.69. The topological polar surface area (TPSA) is 0 Å². The first kappa shape index (κ1) is 49.2. The Hall–Kier alpha value is -3.42. The third-order valence-electron chi connectivity index (χ3n) is 10.6. The molecule has 5 heteroatoms. The maximum atomic E-state index is 6.20. The Bertz CT molecular complexity index is 2380. The fourth-order valence-corrected chi connectivity index (χ4v) is 8.65. The molecule has 60 heavy (non-hydrogen) atoms. The second-order valence-electron chi connectivity index (χ2n) is 17.6. The molecule has 0 bridgehead atoms. The fraction of sp³-hybridized carbons (Fsp3) is 0.236. The van der Waals surface area contributed by atoms with Crippen molar-refractivity contribution >= 4 is 72.8 Å². The van der Waals surface area contributed by atoms with Crippen LogP contribution in [0.2, 0.25) is 10.0 Å². The van der Waals surface area contributed by atoms with Crippen LogP contribution in [0, 0.1) is 19.9 Å². The Morgan fingerprint density at radius 3 is 1.27 bits per heavy atom. The van der Waals surface area contributed by atoms with Crippen molar-refractivity contribution in [2.24, 2.45) is 0 Å². The average Bonchev–Trinajstić information content (AvgIpc) is 3.88. The Labute approximate surface area is 396 Å². The number of rotatable bonds is 6. The molecule has 0 amide bonds. The number of fused-ring (bicyclic) bond motifs is 3. The Balaban J connectivity index is 0.000000265. The van der Waals surface area contributed by atoms with Gasteiger partial charge >= 0.3 is 125 Å². The molecule has 308 valence electrons. The van der Waals surface area contributed by atoms with Gasteiger partial charge in [0.2, 0.25) is 0 Å². The van der Waals surface area contributed by atoms with E-state index in [1.807, 2.05) is 36.4 Å². The molecule has 0 unspecified atom stereocenters. The van der Waals surface area contributed by atoms with Gasteiger partial charge in [-0.1, -0.05) is 101 Å². The van der Waals surface area contributed by atoms with Crippen LogP contribution in [-0.2, 0) is 47.9 Å². The Morgan fingerprint density at radius 2 is 0.967 bits per heavy atom. The average molecular weight is 950 g/mol. The van der Waals surface area contributed by atoms with Crippen LogP contribution in [-0.4, -0.2) is 3.21 Å². The second kappa shape index (κ2) is 21.6. The summed E-state index contributed by atoms with van der Waals surface area (Å²) >= 11 is 13.9. The van der Waals surface area contributed by atoms with E-state index in [1.54, 1.807) is 27.4 Å². The van der Waals surface area contributed by atoms with E-state index in [9.17, 15) is 0 Å². The first-order chi connectivity index (χ1) is 27.5. The van der Waals surface area contributed by atoms with E-state index in [-0.39, 0.29) is 35.6 Å². The van der Waals surface area contributed by atoms with Crippen LogP contribution in [0.4, 0.5) is 0 Å². The van der Waals surface area contributed by atoms with Gasteiger partial charge in [-0.25, -0.2) is 12.2 Å². The van der Waals surface area contributed by atoms with Crippen molar-refractivity contribution in [3.8, 4) is 22.3 Å². The first-order valence-corrected chi connectivity index (χ1v) is 22.2. The molecule has 0 nitrogen and oxygen atoms in total. The predicted molar refractivity (Wildman–Crippen MR) is 266 cm³/mol. The summed E-state index contributed by atoms with van der Waals surface area (Å²) < 4.78 is 1.61. The normalized spacial score (nSPS) is 11.9. The quantitative estimate of drug-likeness (QED) is 0.146.